The minimum absolute atomic E-state index is 0.642. The Morgan fingerprint density at radius 2 is 0.889 bits per heavy atom. The summed E-state index contributed by atoms with van der Waals surface area (Å²) in [6.07, 6.45) is 3.06. The normalized spacial score (nSPS) is 11.8. The van der Waals surface area contributed by atoms with Crippen LogP contribution in [0, 0.1) is 0 Å². The summed E-state index contributed by atoms with van der Waals surface area (Å²) in [4.78, 5) is 13.7. The van der Waals surface area contributed by atoms with Gasteiger partial charge in [0.1, 0.15) is 0 Å². The molecule has 63 heavy (non-hydrogen) atoms. The summed E-state index contributed by atoms with van der Waals surface area (Å²) in [6.45, 7) is 4.30. The molecule has 0 unspecified atom stereocenters. The van der Waals surface area contributed by atoms with E-state index in [1.165, 1.54) is 43.7 Å². The number of nitrogens with zero attached hydrogens (tertiary/aromatic N) is 5. The van der Waals surface area contributed by atoms with Crippen molar-refractivity contribution in [2.24, 2.45) is 5.73 Å². The van der Waals surface area contributed by atoms with Crippen LogP contribution in [0.25, 0.3) is 66.1 Å². The molecule has 6 nitrogen and oxygen atoms in total. The fraction of sp³-hybridized carbons (Fsp3) is 0.164. The molecule has 0 aliphatic heterocycles. The second-order valence-electron chi connectivity index (χ2n) is 16.5. The lowest BCUT2D eigenvalue weighted by Gasteiger charge is -2.23. The molecular formula is C55H48Cl2N6. The Hall–Kier alpha value is -6.28. The van der Waals surface area contributed by atoms with Crippen LogP contribution in [0.2, 0.25) is 10.0 Å². The van der Waals surface area contributed by atoms with Crippen molar-refractivity contribution < 1.29 is 0 Å². The van der Waals surface area contributed by atoms with Gasteiger partial charge < -0.3 is 14.9 Å². The monoisotopic (exact) mass is 862 g/mol. The third kappa shape index (κ3) is 8.48. The van der Waals surface area contributed by atoms with E-state index in [1.54, 1.807) is 0 Å². The van der Waals surface area contributed by atoms with E-state index in [-0.39, 0.29) is 0 Å². The first-order valence-corrected chi connectivity index (χ1v) is 22.6. The summed E-state index contributed by atoms with van der Waals surface area (Å²) < 4.78 is 4.86. The molecule has 0 bridgehead atoms. The third-order valence-corrected chi connectivity index (χ3v) is 12.7. The number of benzene rings is 6. The van der Waals surface area contributed by atoms with Crippen molar-refractivity contribution in [3.63, 3.8) is 0 Å². The molecule has 0 radical (unpaired) electrons. The predicted molar refractivity (Wildman–Crippen MR) is 263 cm³/mol. The van der Waals surface area contributed by atoms with Crippen LogP contribution in [0.3, 0.4) is 0 Å². The van der Waals surface area contributed by atoms with Crippen LogP contribution in [-0.2, 0) is 26.2 Å². The van der Waals surface area contributed by atoms with Gasteiger partial charge in [-0.15, -0.1) is 0 Å². The average Bonchev–Trinajstić information content (AvgIpc) is 3.80. The number of para-hydroxylation sites is 2. The van der Waals surface area contributed by atoms with Gasteiger partial charge in [0.2, 0.25) is 0 Å². The second kappa shape index (κ2) is 18.2. The largest absolute Gasteiger partial charge is 0.334 e. The molecule has 0 atom stereocenters. The lowest BCUT2D eigenvalue weighted by molar-refractivity contribution is 0.245. The summed E-state index contributed by atoms with van der Waals surface area (Å²) in [5.41, 5.74) is 19.0. The van der Waals surface area contributed by atoms with Crippen molar-refractivity contribution >= 4 is 66.8 Å². The molecule has 0 saturated carbocycles. The zero-order chi connectivity index (χ0) is 42.7. The van der Waals surface area contributed by atoms with E-state index < -0.39 is 0 Å². The van der Waals surface area contributed by atoms with Gasteiger partial charge in [0, 0.05) is 79.9 Å². The van der Waals surface area contributed by atoms with Crippen molar-refractivity contribution in [1.82, 2.24) is 24.0 Å². The fourth-order valence-corrected chi connectivity index (χ4v) is 9.48. The first-order chi connectivity index (χ1) is 31.0. The average molecular weight is 864 g/mol. The van der Waals surface area contributed by atoms with Gasteiger partial charge in [-0.05, 0) is 85.6 Å². The number of nitrogens with two attached hydrogens (primary N) is 1. The van der Waals surface area contributed by atoms with E-state index in [0.29, 0.717) is 29.7 Å². The van der Waals surface area contributed by atoms with Crippen LogP contribution < -0.4 is 5.73 Å². The fourth-order valence-electron chi connectivity index (χ4n) is 9.22. The van der Waals surface area contributed by atoms with Crippen LogP contribution in [0.4, 0.5) is 0 Å². The topological polar surface area (TPSA) is 64.9 Å². The quantitative estimate of drug-likeness (QED) is 0.104. The van der Waals surface area contributed by atoms with E-state index in [2.05, 4.69) is 160 Å². The van der Waals surface area contributed by atoms with E-state index in [1.807, 2.05) is 24.3 Å². The molecule has 0 fully saturated rings. The maximum absolute atomic E-state index is 6.48. The molecule has 10 aromatic rings. The second-order valence-corrected chi connectivity index (χ2v) is 17.3. The first-order valence-electron chi connectivity index (χ1n) is 21.8. The molecule has 312 valence electrons. The van der Waals surface area contributed by atoms with Crippen LogP contribution in [0.5, 0.6) is 0 Å². The Morgan fingerprint density at radius 3 is 1.33 bits per heavy atom. The highest BCUT2D eigenvalue weighted by Crippen LogP contribution is 2.39. The van der Waals surface area contributed by atoms with Crippen LogP contribution >= 0.6 is 23.2 Å². The molecule has 2 N–H and O–H groups in total. The number of hydrogen-bond acceptors (Lipinski definition) is 4. The van der Waals surface area contributed by atoms with Crippen molar-refractivity contribution in [2.75, 3.05) is 13.1 Å². The first kappa shape index (κ1) is 40.8. The number of aromatic nitrogens is 4. The van der Waals surface area contributed by atoms with Crippen molar-refractivity contribution in [3.8, 4) is 22.5 Å². The Bertz CT molecular complexity index is 2970. The maximum atomic E-state index is 6.48. The zero-order valence-corrected chi connectivity index (χ0v) is 36.6. The standard InChI is InChI=1S/C55H48Cl2N6/c56-42-26-22-40(23-27-42)52-54-48(46-18-8-10-20-50(46)62(54)34-38-14-4-1-5-15-38)32-44(59-52)36-61(31-13-3-12-30-58)37-45-33-49-47-19-9-11-21-51(47)63(35-39-16-6-2-7-17-39)55(49)53(60-45)41-24-28-43(57)29-25-41/h1-2,4-11,14-29,32-33H,3,12-13,30-31,34-37,58H2. The summed E-state index contributed by atoms with van der Waals surface area (Å²) >= 11 is 13.0. The lowest BCUT2D eigenvalue weighted by Crippen LogP contribution is -2.25. The summed E-state index contributed by atoms with van der Waals surface area (Å²) in [5.74, 6) is 0. The maximum Gasteiger partial charge on any atom is 0.0949 e. The summed E-state index contributed by atoms with van der Waals surface area (Å²) in [6, 6.07) is 59.6. The van der Waals surface area contributed by atoms with Gasteiger partial charge in [0.15, 0.2) is 0 Å². The number of hydrogen-bond donors (Lipinski definition) is 1. The van der Waals surface area contributed by atoms with Gasteiger partial charge in [0.05, 0.1) is 33.8 Å². The molecule has 4 aromatic heterocycles. The van der Waals surface area contributed by atoms with Crippen LogP contribution in [-0.4, -0.2) is 37.1 Å². The molecule has 0 saturated heterocycles. The van der Waals surface area contributed by atoms with Crippen molar-refractivity contribution in [3.05, 3.63) is 202 Å². The minimum atomic E-state index is 0.642. The number of pyridine rings is 2. The van der Waals surface area contributed by atoms with Gasteiger partial charge in [-0.2, -0.15) is 0 Å². The molecule has 6 aromatic carbocycles. The number of halogens is 2. The van der Waals surface area contributed by atoms with Gasteiger partial charge in [-0.1, -0.05) is 151 Å². The molecule has 8 heteroatoms. The highest BCUT2D eigenvalue weighted by Gasteiger charge is 2.22. The SMILES string of the molecule is NCCCCCN(Cc1cc2c3ccccc3n(Cc3ccccc3)c2c(-c2ccc(Cl)cc2)n1)Cc1cc2c3ccccc3n(Cc3ccccc3)c2c(-c2ccc(Cl)cc2)n1. The Labute approximate surface area is 378 Å². The smallest absolute Gasteiger partial charge is 0.0949 e. The summed E-state index contributed by atoms with van der Waals surface area (Å²) in [5, 5.41) is 6.20. The van der Waals surface area contributed by atoms with Gasteiger partial charge in [0.25, 0.3) is 0 Å². The van der Waals surface area contributed by atoms with Gasteiger partial charge >= 0.3 is 0 Å². The zero-order valence-electron chi connectivity index (χ0n) is 35.1. The third-order valence-electron chi connectivity index (χ3n) is 12.2. The number of rotatable bonds is 15. The van der Waals surface area contributed by atoms with E-state index >= 15 is 0 Å². The Morgan fingerprint density at radius 1 is 0.460 bits per heavy atom. The predicted octanol–water partition coefficient (Wildman–Crippen LogP) is 13.6. The highest BCUT2D eigenvalue weighted by atomic mass is 35.5. The van der Waals surface area contributed by atoms with Crippen LogP contribution in [0.15, 0.2) is 170 Å². The van der Waals surface area contributed by atoms with Crippen molar-refractivity contribution in [1.29, 1.82) is 0 Å². The van der Waals surface area contributed by atoms with Gasteiger partial charge in [-0.25, -0.2) is 9.97 Å². The molecule has 0 spiro atoms. The van der Waals surface area contributed by atoms with E-state index in [9.17, 15) is 0 Å². The van der Waals surface area contributed by atoms with E-state index in [0.717, 1.165) is 83.8 Å². The molecule has 0 amide bonds. The minimum Gasteiger partial charge on any atom is -0.334 e. The molecule has 0 aliphatic carbocycles. The Kier molecular flexibility index (Phi) is 11.8. The molecule has 0 aliphatic rings. The van der Waals surface area contributed by atoms with E-state index in [4.69, 9.17) is 38.9 Å². The highest BCUT2D eigenvalue weighted by molar-refractivity contribution is 6.31. The Balaban J connectivity index is 1.11. The van der Waals surface area contributed by atoms with Crippen molar-refractivity contribution in [2.45, 2.75) is 45.4 Å². The summed E-state index contributed by atoms with van der Waals surface area (Å²) in [7, 11) is 0. The molecule has 4 heterocycles. The van der Waals surface area contributed by atoms with Crippen LogP contribution in [0.1, 0.15) is 41.8 Å². The molecular weight excluding hydrogens is 816 g/mol. The lowest BCUT2D eigenvalue weighted by atomic mass is 10.1. The number of fused-ring (bicyclic) bond motifs is 6. The number of unbranched alkanes of at least 4 members (excludes halogenated alkanes) is 2. The molecule has 10 rings (SSSR count). The van der Waals surface area contributed by atoms with Gasteiger partial charge in [-0.3, -0.25) is 4.90 Å².